The fraction of sp³-hybridized carbons (Fsp3) is 0.300. The van der Waals surface area contributed by atoms with Gasteiger partial charge < -0.3 is 0 Å². The molecule has 0 amide bonds. The van der Waals surface area contributed by atoms with Crippen LogP contribution in [0.3, 0.4) is 0 Å². The molecule has 0 heterocycles. The van der Waals surface area contributed by atoms with Crippen molar-refractivity contribution < 1.29 is 14.4 Å². The topological polar surface area (TPSA) is 51.2 Å². The fourth-order valence-electron chi connectivity index (χ4n) is 4.55. The number of hydrogen-bond acceptors (Lipinski definition) is 3. The number of rotatable bonds is 6. The van der Waals surface area contributed by atoms with Gasteiger partial charge in [-0.3, -0.25) is 14.4 Å². The van der Waals surface area contributed by atoms with Gasteiger partial charge in [-0.05, 0) is 93.1 Å². The van der Waals surface area contributed by atoms with Gasteiger partial charge in [-0.25, -0.2) is 0 Å². The molecular weight excluding hydrogens is 408 g/mol. The average molecular weight is 439 g/mol. The molecular formula is C30H30O3. The van der Waals surface area contributed by atoms with E-state index in [2.05, 4.69) is 0 Å². The minimum absolute atomic E-state index is 0.123. The van der Waals surface area contributed by atoms with Crippen LogP contribution < -0.4 is 0 Å². The summed E-state index contributed by atoms with van der Waals surface area (Å²) in [6.45, 7) is 11.9. The Kier molecular flexibility index (Phi) is 5.92. The van der Waals surface area contributed by atoms with Crippen molar-refractivity contribution in [3.63, 3.8) is 0 Å². The SMILES string of the molecule is Cc1ccc(C(=O)C2C(C(=O)c3ccc(C)c(C)c3)C2C(=O)c2ccc(C)c(C)c2)cc1C. The third kappa shape index (κ3) is 4.20. The summed E-state index contributed by atoms with van der Waals surface area (Å²) in [5.74, 6) is -2.26. The van der Waals surface area contributed by atoms with Gasteiger partial charge in [0.2, 0.25) is 0 Å². The second kappa shape index (κ2) is 8.55. The Bertz CT molecular complexity index is 1130. The zero-order valence-corrected chi connectivity index (χ0v) is 20.2. The van der Waals surface area contributed by atoms with E-state index in [0.717, 1.165) is 33.4 Å². The molecule has 0 unspecified atom stereocenters. The molecule has 0 radical (unpaired) electrons. The maximum Gasteiger partial charge on any atom is 0.167 e. The van der Waals surface area contributed by atoms with E-state index in [9.17, 15) is 14.4 Å². The number of carbonyl (C=O) groups is 3. The molecule has 1 aliphatic rings. The third-order valence-electron chi connectivity index (χ3n) is 7.30. The molecule has 0 aliphatic heterocycles. The summed E-state index contributed by atoms with van der Waals surface area (Å²) in [6.07, 6.45) is 0. The zero-order chi connectivity index (χ0) is 24.0. The molecule has 0 saturated heterocycles. The fourth-order valence-corrected chi connectivity index (χ4v) is 4.55. The first-order valence-corrected chi connectivity index (χ1v) is 11.4. The first-order valence-electron chi connectivity index (χ1n) is 11.4. The molecule has 0 bridgehead atoms. The quantitative estimate of drug-likeness (QED) is 0.422. The van der Waals surface area contributed by atoms with Crippen LogP contribution in [0, 0.1) is 59.3 Å². The molecule has 33 heavy (non-hydrogen) atoms. The van der Waals surface area contributed by atoms with Crippen LogP contribution in [0.2, 0.25) is 0 Å². The summed E-state index contributed by atoms with van der Waals surface area (Å²) >= 11 is 0. The molecule has 0 atom stereocenters. The van der Waals surface area contributed by atoms with Gasteiger partial charge in [0.1, 0.15) is 0 Å². The van der Waals surface area contributed by atoms with Crippen LogP contribution in [0.5, 0.6) is 0 Å². The van der Waals surface area contributed by atoms with Gasteiger partial charge in [-0.15, -0.1) is 0 Å². The van der Waals surface area contributed by atoms with Crippen LogP contribution >= 0.6 is 0 Å². The minimum Gasteiger partial charge on any atom is -0.294 e. The normalized spacial score (nSPS) is 19.3. The smallest absolute Gasteiger partial charge is 0.167 e. The van der Waals surface area contributed by atoms with Crippen molar-refractivity contribution in [3.8, 4) is 0 Å². The molecule has 3 aromatic rings. The van der Waals surface area contributed by atoms with E-state index in [1.54, 1.807) is 18.2 Å². The summed E-state index contributed by atoms with van der Waals surface area (Å²) < 4.78 is 0. The highest BCUT2D eigenvalue weighted by Crippen LogP contribution is 2.52. The van der Waals surface area contributed by atoms with E-state index in [0.29, 0.717) is 16.7 Å². The molecule has 4 rings (SSSR count). The van der Waals surface area contributed by atoms with Crippen LogP contribution in [0.15, 0.2) is 54.6 Å². The molecule has 3 heteroatoms. The molecule has 168 valence electrons. The lowest BCUT2D eigenvalue weighted by Gasteiger charge is -2.06. The summed E-state index contributed by atoms with van der Waals surface area (Å²) in [7, 11) is 0. The Balaban J connectivity index is 1.72. The summed E-state index contributed by atoms with van der Waals surface area (Å²) in [5.41, 5.74) is 8.08. The maximum atomic E-state index is 13.5. The van der Waals surface area contributed by atoms with Gasteiger partial charge in [0.15, 0.2) is 17.3 Å². The maximum absolute atomic E-state index is 13.5. The van der Waals surface area contributed by atoms with E-state index < -0.39 is 17.8 Å². The molecule has 1 fully saturated rings. The minimum atomic E-state index is -0.629. The molecule has 0 spiro atoms. The number of benzene rings is 3. The van der Waals surface area contributed by atoms with E-state index in [1.165, 1.54) is 0 Å². The highest BCUT2D eigenvalue weighted by atomic mass is 16.1. The van der Waals surface area contributed by atoms with Gasteiger partial charge in [0.25, 0.3) is 0 Å². The van der Waals surface area contributed by atoms with Crippen molar-refractivity contribution >= 4 is 17.3 Å². The van der Waals surface area contributed by atoms with E-state index >= 15 is 0 Å². The van der Waals surface area contributed by atoms with Gasteiger partial charge in [-0.2, -0.15) is 0 Å². The second-order valence-electron chi connectivity index (χ2n) is 9.57. The Morgan fingerprint density at radius 2 is 0.667 bits per heavy atom. The molecule has 1 saturated carbocycles. The van der Waals surface area contributed by atoms with Crippen LogP contribution in [-0.2, 0) is 0 Å². The molecule has 0 aromatic heterocycles. The Labute approximate surface area is 195 Å². The van der Waals surface area contributed by atoms with Crippen molar-refractivity contribution in [1.29, 1.82) is 0 Å². The number of hydrogen-bond donors (Lipinski definition) is 0. The largest absolute Gasteiger partial charge is 0.294 e. The van der Waals surface area contributed by atoms with Gasteiger partial charge in [0.05, 0.1) is 0 Å². The molecule has 3 aromatic carbocycles. The highest BCUT2D eigenvalue weighted by molar-refractivity contribution is 6.16. The van der Waals surface area contributed by atoms with Crippen LogP contribution in [0.1, 0.15) is 64.5 Å². The van der Waals surface area contributed by atoms with Gasteiger partial charge in [0, 0.05) is 34.4 Å². The van der Waals surface area contributed by atoms with E-state index in [1.807, 2.05) is 77.9 Å². The summed E-state index contributed by atoms with van der Waals surface area (Å²) in [6, 6.07) is 16.8. The summed E-state index contributed by atoms with van der Waals surface area (Å²) in [4.78, 5) is 40.5. The zero-order valence-electron chi connectivity index (χ0n) is 20.2. The number of ketones is 3. The monoisotopic (exact) mass is 438 g/mol. The average Bonchev–Trinajstić information content (AvgIpc) is 3.53. The molecule has 0 N–H and O–H groups in total. The lowest BCUT2D eigenvalue weighted by Crippen LogP contribution is -2.10. The van der Waals surface area contributed by atoms with Crippen molar-refractivity contribution in [2.24, 2.45) is 17.8 Å². The lowest BCUT2D eigenvalue weighted by atomic mass is 9.97. The Morgan fingerprint density at radius 1 is 0.424 bits per heavy atom. The van der Waals surface area contributed by atoms with Crippen molar-refractivity contribution in [1.82, 2.24) is 0 Å². The van der Waals surface area contributed by atoms with Crippen LogP contribution in [0.4, 0.5) is 0 Å². The highest BCUT2D eigenvalue weighted by Gasteiger charge is 2.62. The number of Topliss-reactive ketones (excluding diaryl/α,β-unsaturated/α-hetero) is 3. The second-order valence-corrected chi connectivity index (χ2v) is 9.57. The van der Waals surface area contributed by atoms with Crippen molar-refractivity contribution in [3.05, 3.63) is 105 Å². The summed E-state index contributed by atoms with van der Waals surface area (Å²) in [5, 5.41) is 0. The van der Waals surface area contributed by atoms with Crippen LogP contribution in [0.25, 0.3) is 0 Å². The molecule has 1 aliphatic carbocycles. The van der Waals surface area contributed by atoms with Gasteiger partial charge in [-0.1, -0.05) is 36.4 Å². The number of aryl methyl sites for hydroxylation is 6. The standard InChI is InChI=1S/C30H30O3/c1-16-7-10-22(13-19(16)4)28(31)25-26(29(32)23-11-8-17(2)20(5)14-23)27(25)30(33)24-12-9-18(3)21(6)15-24/h7-15,25-27H,1-6H3. The van der Waals surface area contributed by atoms with Crippen molar-refractivity contribution in [2.45, 2.75) is 41.5 Å². The Morgan fingerprint density at radius 3 is 0.879 bits per heavy atom. The van der Waals surface area contributed by atoms with Gasteiger partial charge >= 0.3 is 0 Å². The first kappa shape index (κ1) is 22.8. The van der Waals surface area contributed by atoms with E-state index in [-0.39, 0.29) is 17.3 Å². The predicted molar refractivity (Wildman–Crippen MR) is 131 cm³/mol. The molecule has 3 nitrogen and oxygen atoms in total. The lowest BCUT2D eigenvalue weighted by molar-refractivity contribution is 0.0905. The van der Waals surface area contributed by atoms with Crippen molar-refractivity contribution in [2.75, 3.05) is 0 Å². The Hall–Kier alpha value is -3.33. The first-order chi connectivity index (χ1) is 15.6. The van der Waals surface area contributed by atoms with E-state index in [4.69, 9.17) is 0 Å². The third-order valence-corrected chi connectivity index (χ3v) is 7.30. The predicted octanol–water partition coefficient (Wildman–Crippen LogP) is 6.35. The number of carbonyl (C=O) groups excluding carboxylic acids is 3. The van der Waals surface area contributed by atoms with Crippen LogP contribution in [-0.4, -0.2) is 17.3 Å².